The molecule has 1 nitrogen and oxygen atoms in total. The summed E-state index contributed by atoms with van der Waals surface area (Å²) in [6.07, 6.45) is 2.58. The second kappa shape index (κ2) is 4.99. The lowest BCUT2D eigenvalue weighted by Crippen LogP contribution is -2.55. The van der Waals surface area contributed by atoms with Crippen molar-refractivity contribution in [3.05, 3.63) is 22.4 Å². The molecule has 1 aliphatic rings. The number of rotatable bonds is 4. The predicted molar refractivity (Wildman–Crippen MR) is 82.8 cm³/mol. The summed E-state index contributed by atoms with van der Waals surface area (Å²) in [6.45, 7) is 11.6. The maximum Gasteiger partial charge on any atom is 0.115 e. The van der Waals surface area contributed by atoms with Gasteiger partial charge in [-0.05, 0) is 43.6 Å². The third-order valence-corrected chi connectivity index (χ3v) is 15.4. The highest BCUT2D eigenvalue weighted by Gasteiger charge is 2.46. The predicted octanol–water partition coefficient (Wildman–Crippen LogP) is 4.21. The van der Waals surface area contributed by atoms with Gasteiger partial charge in [0.15, 0.2) is 0 Å². The molecule has 0 aliphatic carbocycles. The highest BCUT2D eigenvalue weighted by atomic mass is 32.1. The Balaban J connectivity index is 1.89. The van der Waals surface area contributed by atoms with Gasteiger partial charge in [-0.2, -0.15) is 0 Å². The Bertz CT molecular complexity index is 344. The lowest BCUT2D eigenvalue weighted by molar-refractivity contribution is 0.591. The summed E-state index contributed by atoms with van der Waals surface area (Å²) in [5, 5.41) is 3.19. The minimum atomic E-state index is -1.04. The van der Waals surface area contributed by atoms with Gasteiger partial charge in [-0.15, -0.1) is 11.3 Å². The van der Waals surface area contributed by atoms with E-state index in [0.717, 1.165) is 0 Å². The van der Waals surface area contributed by atoms with Gasteiger partial charge in [-0.25, -0.2) is 0 Å². The zero-order chi connectivity index (χ0) is 12.5. The Morgan fingerprint density at radius 3 is 2.41 bits per heavy atom. The van der Waals surface area contributed by atoms with E-state index in [-0.39, 0.29) is 0 Å². The molecule has 95 valence electrons. The van der Waals surface area contributed by atoms with Crippen molar-refractivity contribution in [2.45, 2.75) is 51.1 Å². The average molecular weight is 283 g/mol. The summed E-state index contributed by atoms with van der Waals surface area (Å²) >= 11 is 1.78. The highest BCUT2D eigenvalue weighted by molar-refractivity contribution is 7.09. The molecule has 0 amide bonds. The van der Waals surface area contributed by atoms with Crippen LogP contribution in [0.1, 0.15) is 11.3 Å². The van der Waals surface area contributed by atoms with E-state index in [1.807, 2.05) is 6.07 Å². The van der Waals surface area contributed by atoms with Crippen LogP contribution in [0.2, 0.25) is 38.3 Å². The summed E-state index contributed by atoms with van der Waals surface area (Å²) < 4.78 is 2.98. The van der Waals surface area contributed by atoms with Crippen LogP contribution in [0.15, 0.2) is 12.1 Å². The standard InChI is InChI=1S/C13H24NSSi2/c1-16(2)11-12-17(3,4)14(16)9-5-7-13-8-6-10-15-13/h6,8H,5,7,9,11-12H2,1-4H3. The smallest absolute Gasteiger partial charge is 0.115 e. The van der Waals surface area contributed by atoms with Gasteiger partial charge in [0, 0.05) is 10.3 Å². The SMILES string of the molecule is C[Si]1(C)CC[Si](C)(C)N1CCCc1cc[c]s1. The van der Waals surface area contributed by atoms with Crippen LogP contribution in [0.5, 0.6) is 0 Å². The van der Waals surface area contributed by atoms with Crippen LogP contribution in [0.3, 0.4) is 0 Å². The molecule has 0 N–H and O–H groups in total. The van der Waals surface area contributed by atoms with E-state index in [0.29, 0.717) is 0 Å². The third-order valence-electron chi connectivity index (χ3n) is 4.14. The van der Waals surface area contributed by atoms with Gasteiger partial charge in [0.25, 0.3) is 0 Å². The first-order chi connectivity index (χ1) is 7.92. The zero-order valence-corrected chi connectivity index (χ0v) is 14.4. The summed E-state index contributed by atoms with van der Waals surface area (Å²) in [4.78, 5) is 1.50. The van der Waals surface area contributed by atoms with Gasteiger partial charge in [0.05, 0.1) is 0 Å². The highest BCUT2D eigenvalue weighted by Crippen LogP contribution is 2.36. The fourth-order valence-electron chi connectivity index (χ4n) is 3.12. The van der Waals surface area contributed by atoms with Gasteiger partial charge in [-0.1, -0.05) is 26.2 Å². The maximum atomic E-state index is 3.19. The molecule has 0 saturated carbocycles. The molecular weight excluding hydrogens is 258 g/mol. The fraction of sp³-hybridized carbons (Fsp3) is 0.692. The van der Waals surface area contributed by atoms with Gasteiger partial charge in [0.1, 0.15) is 16.5 Å². The number of aryl methyl sites for hydroxylation is 1. The van der Waals surface area contributed by atoms with Crippen molar-refractivity contribution in [3.63, 3.8) is 0 Å². The molecule has 0 bridgehead atoms. The normalized spacial score (nSPS) is 23.1. The molecule has 0 aromatic carbocycles. The average Bonchev–Trinajstić information content (AvgIpc) is 2.80. The molecule has 2 heterocycles. The summed E-state index contributed by atoms with van der Waals surface area (Å²) in [7, 11) is -2.07. The summed E-state index contributed by atoms with van der Waals surface area (Å²) in [5.74, 6) is 0. The quantitative estimate of drug-likeness (QED) is 0.748. The third kappa shape index (κ3) is 3.10. The van der Waals surface area contributed by atoms with Crippen LogP contribution in [-0.2, 0) is 6.42 Å². The van der Waals surface area contributed by atoms with Gasteiger partial charge < -0.3 is 4.23 Å². The van der Waals surface area contributed by atoms with Gasteiger partial charge >= 0.3 is 0 Å². The number of thiophene rings is 1. The second-order valence-corrected chi connectivity index (χ2v) is 17.1. The van der Waals surface area contributed by atoms with Crippen LogP contribution in [0.25, 0.3) is 0 Å². The Morgan fingerprint density at radius 1 is 1.24 bits per heavy atom. The molecule has 1 radical (unpaired) electrons. The van der Waals surface area contributed by atoms with Crippen LogP contribution in [0, 0.1) is 5.38 Å². The van der Waals surface area contributed by atoms with E-state index >= 15 is 0 Å². The van der Waals surface area contributed by atoms with Crippen molar-refractivity contribution in [3.8, 4) is 0 Å². The molecule has 1 fully saturated rings. The molecule has 1 aliphatic heterocycles. The first kappa shape index (κ1) is 13.5. The summed E-state index contributed by atoms with van der Waals surface area (Å²) in [6, 6.07) is 7.32. The molecule has 4 heteroatoms. The van der Waals surface area contributed by atoms with Gasteiger partial charge in [0.2, 0.25) is 0 Å². The Kier molecular flexibility index (Phi) is 3.97. The lowest BCUT2D eigenvalue weighted by Gasteiger charge is -2.38. The van der Waals surface area contributed by atoms with Crippen LogP contribution in [-0.4, -0.2) is 27.2 Å². The van der Waals surface area contributed by atoms with E-state index in [2.05, 4.69) is 41.9 Å². The topological polar surface area (TPSA) is 3.24 Å². The molecule has 17 heavy (non-hydrogen) atoms. The van der Waals surface area contributed by atoms with Crippen molar-refractivity contribution in [2.75, 3.05) is 6.54 Å². The number of nitrogens with zero attached hydrogens (tertiary/aromatic N) is 1. The maximum absolute atomic E-state index is 3.19. The van der Waals surface area contributed by atoms with Crippen molar-refractivity contribution >= 4 is 27.8 Å². The van der Waals surface area contributed by atoms with Crippen molar-refractivity contribution in [1.29, 1.82) is 0 Å². The zero-order valence-electron chi connectivity index (χ0n) is 11.5. The van der Waals surface area contributed by atoms with E-state index in [1.165, 1.54) is 36.4 Å². The number of hydrogen-bond donors (Lipinski definition) is 0. The Morgan fingerprint density at radius 2 is 1.88 bits per heavy atom. The van der Waals surface area contributed by atoms with Crippen LogP contribution < -0.4 is 0 Å². The van der Waals surface area contributed by atoms with E-state index in [4.69, 9.17) is 0 Å². The minimum absolute atomic E-state index is 1.04. The molecular formula is C13H24NSSi2. The van der Waals surface area contributed by atoms with Gasteiger partial charge in [-0.3, -0.25) is 0 Å². The van der Waals surface area contributed by atoms with Crippen LogP contribution in [0.4, 0.5) is 0 Å². The lowest BCUT2D eigenvalue weighted by atomic mass is 10.3. The first-order valence-corrected chi connectivity index (χ1v) is 13.8. The molecule has 0 unspecified atom stereocenters. The first-order valence-electron chi connectivity index (χ1n) is 6.64. The minimum Gasteiger partial charge on any atom is -0.345 e. The molecule has 2 rings (SSSR count). The van der Waals surface area contributed by atoms with E-state index < -0.39 is 16.5 Å². The molecule has 1 aromatic rings. The molecule has 1 aromatic heterocycles. The Hall–Kier alpha value is 0.0938. The van der Waals surface area contributed by atoms with E-state index in [1.54, 1.807) is 11.3 Å². The monoisotopic (exact) mass is 282 g/mol. The van der Waals surface area contributed by atoms with Crippen molar-refractivity contribution in [2.24, 2.45) is 0 Å². The van der Waals surface area contributed by atoms with Crippen molar-refractivity contribution < 1.29 is 0 Å². The van der Waals surface area contributed by atoms with Crippen LogP contribution >= 0.6 is 11.3 Å². The van der Waals surface area contributed by atoms with E-state index in [9.17, 15) is 0 Å². The number of hydrogen-bond acceptors (Lipinski definition) is 2. The molecule has 0 atom stereocenters. The summed E-state index contributed by atoms with van der Waals surface area (Å²) in [5.41, 5.74) is 0. The second-order valence-electron chi connectivity index (χ2n) is 6.40. The molecule has 1 saturated heterocycles. The largest absolute Gasteiger partial charge is 0.345 e. The van der Waals surface area contributed by atoms with Crippen molar-refractivity contribution in [1.82, 2.24) is 4.23 Å². The Labute approximate surface area is 112 Å². The molecule has 0 spiro atoms. The fourth-order valence-corrected chi connectivity index (χ4v) is 18.0.